The SMILES string of the molecule is CS(=O)(=O)c1ccc(N2CCOCC2)c(C(=O)N2CCN(c3cc(C(F)(F)F)ncn3)CC2)c1. The van der Waals surface area contributed by atoms with Crippen molar-refractivity contribution in [1.29, 1.82) is 0 Å². The largest absolute Gasteiger partial charge is 0.433 e. The normalized spacial score (nSPS) is 17.7. The fourth-order valence-electron chi connectivity index (χ4n) is 3.98. The monoisotopic (exact) mass is 499 g/mol. The molecule has 4 rings (SSSR count). The van der Waals surface area contributed by atoms with Gasteiger partial charge in [-0.2, -0.15) is 13.2 Å². The molecule has 2 aliphatic rings. The number of ether oxygens (including phenoxy) is 1. The molecule has 0 aliphatic carbocycles. The van der Waals surface area contributed by atoms with Gasteiger partial charge in [0.1, 0.15) is 17.8 Å². The van der Waals surface area contributed by atoms with Crippen molar-refractivity contribution in [3.63, 3.8) is 0 Å². The third-order valence-electron chi connectivity index (χ3n) is 5.81. The minimum absolute atomic E-state index is 0.0483. The van der Waals surface area contributed by atoms with Gasteiger partial charge in [0.15, 0.2) is 9.84 Å². The van der Waals surface area contributed by atoms with E-state index in [0.717, 1.165) is 18.6 Å². The van der Waals surface area contributed by atoms with Crippen molar-refractivity contribution in [3.05, 3.63) is 41.9 Å². The van der Waals surface area contributed by atoms with Crippen LogP contribution >= 0.6 is 0 Å². The Hall–Kier alpha value is -2.93. The van der Waals surface area contributed by atoms with Crippen LogP contribution in [0, 0.1) is 0 Å². The standard InChI is InChI=1S/C21H24F3N5O4S/c1-34(31,32)15-2-3-17(27-8-10-33-11-9-27)16(12-15)20(30)29-6-4-28(5-7-29)19-13-18(21(22,23)24)25-14-26-19/h2-3,12-14H,4-11H2,1H3. The summed E-state index contributed by atoms with van der Waals surface area (Å²) in [7, 11) is -3.53. The number of amides is 1. The predicted octanol–water partition coefficient (Wildman–Crippen LogP) is 1.70. The molecule has 2 aliphatic heterocycles. The zero-order valence-electron chi connectivity index (χ0n) is 18.5. The Labute approximate surface area is 195 Å². The van der Waals surface area contributed by atoms with Crippen molar-refractivity contribution in [1.82, 2.24) is 14.9 Å². The highest BCUT2D eigenvalue weighted by molar-refractivity contribution is 7.90. The molecule has 0 bridgehead atoms. The second-order valence-electron chi connectivity index (χ2n) is 8.09. The highest BCUT2D eigenvalue weighted by atomic mass is 32.2. The average molecular weight is 500 g/mol. The van der Waals surface area contributed by atoms with E-state index in [1.54, 1.807) is 15.9 Å². The molecule has 1 amide bonds. The van der Waals surface area contributed by atoms with Crippen molar-refractivity contribution < 1.29 is 31.1 Å². The average Bonchev–Trinajstić information content (AvgIpc) is 2.83. The highest BCUT2D eigenvalue weighted by Gasteiger charge is 2.34. The lowest BCUT2D eigenvalue weighted by Gasteiger charge is -2.37. The number of hydrogen-bond acceptors (Lipinski definition) is 8. The first-order valence-electron chi connectivity index (χ1n) is 10.6. The number of carbonyl (C=O) groups excluding carboxylic acids is 1. The van der Waals surface area contributed by atoms with Gasteiger partial charge in [-0.1, -0.05) is 0 Å². The van der Waals surface area contributed by atoms with Crippen LogP contribution in [0.4, 0.5) is 24.7 Å². The summed E-state index contributed by atoms with van der Waals surface area (Å²) in [6.45, 7) is 3.18. The van der Waals surface area contributed by atoms with Gasteiger partial charge in [0.2, 0.25) is 0 Å². The molecule has 2 fully saturated rings. The van der Waals surface area contributed by atoms with Crippen LogP contribution in [0.3, 0.4) is 0 Å². The Morgan fingerprint density at radius 3 is 2.26 bits per heavy atom. The first kappa shape index (κ1) is 24.2. The zero-order valence-corrected chi connectivity index (χ0v) is 19.3. The maximum Gasteiger partial charge on any atom is 0.433 e. The third-order valence-corrected chi connectivity index (χ3v) is 6.92. The molecule has 9 nitrogen and oxygen atoms in total. The number of nitrogens with zero attached hydrogens (tertiary/aromatic N) is 5. The number of piperazine rings is 1. The van der Waals surface area contributed by atoms with Gasteiger partial charge >= 0.3 is 6.18 Å². The smallest absolute Gasteiger partial charge is 0.378 e. The van der Waals surface area contributed by atoms with E-state index in [0.29, 0.717) is 32.0 Å². The summed E-state index contributed by atoms with van der Waals surface area (Å²) in [6.07, 6.45) is -2.61. The van der Waals surface area contributed by atoms with Crippen LogP contribution < -0.4 is 9.80 Å². The van der Waals surface area contributed by atoms with Crippen LogP contribution in [0.2, 0.25) is 0 Å². The number of alkyl halides is 3. The van der Waals surface area contributed by atoms with Gasteiger partial charge in [-0.15, -0.1) is 0 Å². The Morgan fingerprint density at radius 1 is 0.971 bits per heavy atom. The van der Waals surface area contributed by atoms with Crippen molar-refractivity contribution in [2.24, 2.45) is 0 Å². The van der Waals surface area contributed by atoms with E-state index in [4.69, 9.17) is 4.74 Å². The van der Waals surface area contributed by atoms with E-state index < -0.39 is 21.7 Å². The molecule has 34 heavy (non-hydrogen) atoms. The quantitative estimate of drug-likeness (QED) is 0.628. The molecule has 0 N–H and O–H groups in total. The van der Waals surface area contributed by atoms with E-state index in [2.05, 4.69) is 9.97 Å². The molecule has 1 aromatic carbocycles. The maximum absolute atomic E-state index is 13.5. The number of halogens is 3. The Morgan fingerprint density at radius 2 is 1.65 bits per heavy atom. The molecule has 1 aromatic heterocycles. The van der Waals surface area contributed by atoms with E-state index in [1.165, 1.54) is 12.1 Å². The summed E-state index contributed by atoms with van der Waals surface area (Å²) in [5, 5.41) is 0. The summed E-state index contributed by atoms with van der Waals surface area (Å²) in [6, 6.07) is 5.42. The molecule has 0 saturated carbocycles. The molecule has 0 radical (unpaired) electrons. The summed E-state index contributed by atoms with van der Waals surface area (Å²) >= 11 is 0. The van der Waals surface area contributed by atoms with Crippen LogP contribution in [-0.2, 0) is 20.8 Å². The van der Waals surface area contributed by atoms with Crippen LogP contribution in [0.5, 0.6) is 0 Å². The topological polar surface area (TPSA) is 95.9 Å². The first-order chi connectivity index (χ1) is 16.0. The second kappa shape index (κ2) is 9.37. The van der Waals surface area contributed by atoms with Gasteiger partial charge in [0, 0.05) is 57.3 Å². The highest BCUT2D eigenvalue weighted by Crippen LogP contribution is 2.30. The number of hydrogen-bond donors (Lipinski definition) is 0. The van der Waals surface area contributed by atoms with Crippen LogP contribution in [0.15, 0.2) is 35.5 Å². The molecule has 184 valence electrons. The van der Waals surface area contributed by atoms with Gasteiger partial charge in [-0.25, -0.2) is 18.4 Å². The fraction of sp³-hybridized carbons (Fsp3) is 0.476. The molecule has 2 aromatic rings. The predicted molar refractivity (Wildman–Crippen MR) is 118 cm³/mol. The molecule has 0 unspecified atom stereocenters. The number of carbonyl (C=O) groups is 1. The van der Waals surface area contributed by atoms with E-state index >= 15 is 0 Å². The van der Waals surface area contributed by atoms with Crippen molar-refractivity contribution in [3.8, 4) is 0 Å². The Balaban J connectivity index is 1.54. The molecule has 0 atom stereocenters. The Kier molecular flexibility index (Phi) is 6.67. The number of rotatable bonds is 4. The van der Waals surface area contributed by atoms with Crippen molar-refractivity contribution in [2.75, 3.05) is 68.5 Å². The summed E-state index contributed by atoms with van der Waals surface area (Å²) in [5.41, 5.74) is -0.114. The zero-order chi connectivity index (χ0) is 24.5. The first-order valence-corrected chi connectivity index (χ1v) is 12.5. The lowest BCUT2D eigenvalue weighted by atomic mass is 10.1. The number of anilines is 2. The number of morpholine rings is 1. The van der Waals surface area contributed by atoms with Crippen LogP contribution in [-0.4, -0.2) is 87.9 Å². The van der Waals surface area contributed by atoms with E-state index in [9.17, 15) is 26.4 Å². The van der Waals surface area contributed by atoms with Crippen molar-refractivity contribution >= 4 is 27.2 Å². The van der Waals surface area contributed by atoms with E-state index in [-0.39, 0.29) is 48.4 Å². The van der Waals surface area contributed by atoms with Gasteiger partial charge < -0.3 is 19.4 Å². The lowest BCUT2D eigenvalue weighted by molar-refractivity contribution is -0.141. The lowest BCUT2D eigenvalue weighted by Crippen LogP contribution is -2.49. The van der Waals surface area contributed by atoms with Crippen LogP contribution in [0.1, 0.15) is 16.1 Å². The number of aromatic nitrogens is 2. The molecular weight excluding hydrogens is 475 g/mol. The van der Waals surface area contributed by atoms with Gasteiger partial charge in [-0.05, 0) is 18.2 Å². The van der Waals surface area contributed by atoms with Gasteiger partial charge in [-0.3, -0.25) is 4.79 Å². The number of benzene rings is 1. The number of sulfone groups is 1. The summed E-state index contributed by atoms with van der Waals surface area (Å²) in [5.74, 6) is -0.187. The second-order valence-corrected chi connectivity index (χ2v) is 10.1. The minimum Gasteiger partial charge on any atom is -0.378 e. The van der Waals surface area contributed by atoms with E-state index in [1.807, 2.05) is 4.90 Å². The molecule has 13 heteroatoms. The molecular formula is C21H24F3N5O4S. The van der Waals surface area contributed by atoms with Gasteiger partial charge in [0.25, 0.3) is 5.91 Å². The summed E-state index contributed by atoms with van der Waals surface area (Å²) in [4.78, 5) is 25.9. The molecule has 3 heterocycles. The molecule has 0 spiro atoms. The maximum atomic E-state index is 13.5. The minimum atomic E-state index is -4.57. The van der Waals surface area contributed by atoms with Crippen molar-refractivity contribution in [2.45, 2.75) is 11.1 Å². The van der Waals surface area contributed by atoms with Crippen LogP contribution in [0.25, 0.3) is 0 Å². The van der Waals surface area contributed by atoms with Gasteiger partial charge in [0.05, 0.1) is 23.7 Å². The third kappa shape index (κ3) is 5.25. The summed E-state index contributed by atoms with van der Waals surface area (Å²) < 4.78 is 68.6. The molecule has 2 saturated heterocycles. The Bertz CT molecular complexity index is 1160. The fourth-order valence-corrected chi connectivity index (χ4v) is 4.63.